The van der Waals surface area contributed by atoms with Crippen LogP contribution < -0.4 is 5.73 Å². The Morgan fingerprint density at radius 1 is 1.05 bits per heavy atom. The van der Waals surface area contributed by atoms with Gasteiger partial charge in [-0.25, -0.2) is 13.2 Å². The van der Waals surface area contributed by atoms with Gasteiger partial charge >= 0.3 is 6.09 Å². The second-order valence-electron chi connectivity index (χ2n) is 10.8. The zero-order valence-corrected chi connectivity index (χ0v) is 24.3. The molecular formula is C29H41N3O8S. The highest BCUT2D eigenvalue weighted by molar-refractivity contribution is 7.89. The Morgan fingerprint density at radius 2 is 1.71 bits per heavy atom. The average Bonchev–Trinajstić information content (AvgIpc) is 3.58. The minimum Gasteiger partial charge on any atom is -0.443 e. The Labute approximate surface area is 241 Å². The fraction of sp³-hybridized carbons (Fsp3) is 0.552. The molecule has 2 aliphatic heterocycles. The van der Waals surface area contributed by atoms with E-state index < -0.39 is 46.9 Å². The number of rotatable bonds is 13. The summed E-state index contributed by atoms with van der Waals surface area (Å²) in [4.78, 5) is 14.7. The molecule has 226 valence electrons. The second-order valence-corrected chi connectivity index (χ2v) is 12.7. The number of aliphatic hydroxyl groups is 2. The molecule has 0 aliphatic carbocycles. The van der Waals surface area contributed by atoms with E-state index in [1.54, 1.807) is 18.2 Å². The first-order valence-corrected chi connectivity index (χ1v) is 15.4. The van der Waals surface area contributed by atoms with Gasteiger partial charge in [0.05, 0.1) is 36.2 Å². The number of benzene rings is 2. The summed E-state index contributed by atoms with van der Waals surface area (Å²) in [5.74, 6) is -0.313. The Hall–Kier alpha value is -2.58. The Balaban J connectivity index is 1.63. The lowest BCUT2D eigenvalue weighted by Crippen LogP contribution is -2.56. The van der Waals surface area contributed by atoms with E-state index in [2.05, 4.69) is 0 Å². The highest BCUT2D eigenvalue weighted by Gasteiger charge is 2.45. The Kier molecular flexibility index (Phi) is 10.8. The van der Waals surface area contributed by atoms with Crippen LogP contribution in [0.4, 0.5) is 4.79 Å². The van der Waals surface area contributed by atoms with Gasteiger partial charge in [0.2, 0.25) is 10.0 Å². The van der Waals surface area contributed by atoms with Crippen molar-refractivity contribution in [3.63, 3.8) is 0 Å². The van der Waals surface area contributed by atoms with Crippen LogP contribution in [0.1, 0.15) is 25.8 Å². The third kappa shape index (κ3) is 7.63. The number of amides is 1. The Bertz CT molecular complexity index is 1220. The number of sulfonamides is 1. The van der Waals surface area contributed by atoms with Crippen LogP contribution in [-0.2, 0) is 30.7 Å². The van der Waals surface area contributed by atoms with E-state index in [0.717, 1.165) is 10.5 Å². The third-order valence-electron chi connectivity index (χ3n) is 7.63. The van der Waals surface area contributed by atoms with Crippen LogP contribution in [0.2, 0.25) is 0 Å². The highest BCUT2D eigenvalue weighted by Crippen LogP contribution is 2.33. The van der Waals surface area contributed by atoms with Crippen molar-refractivity contribution in [1.29, 1.82) is 0 Å². The molecule has 2 heterocycles. The van der Waals surface area contributed by atoms with Gasteiger partial charge in [-0.3, -0.25) is 4.90 Å². The van der Waals surface area contributed by atoms with Gasteiger partial charge in [0.25, 0.3) is 0 Å². The van der Waals surface area contributed by atoms with E-state index in [-0.39, 0.29) is 49.4 Å². The molecule has 0 radical (unpaired) electrons. The number of ether oxygens (including phenoxy) is 3. The predicted octanol–water partition coefficient (Wildman–Crippen LogP) is 1.78. The molecule has 2 unspecified atom stereocenters. The normalized spacial score (nSPS) is 23.5. The van der Waals surface area contributed by atoms with Crippen LogP contribution in [0, 0.1) is 11.8 Å². The monoisotopic (exact) mass is 591 g/mol. The molecule has 2 aromatic carbocycles. The van der Waals surface area contributed by atoms with Gasteiger partial charge in [-0.05, 0) is 49.9 Å². The lowest BCUT2D eigenvalue weighted by Gasteiger charge is -2.38. The van der Waals surface area contributed by atoms with Crippen molar-refractivity contribution in [3.8, 4) is 0 Å². The van der Waals surface area contributed by atoms with E-state index >= 15 is 0 Å². The van der Waals surface area contributed by atoms with Gasteiger partial charge in [-0.15, -0.1) is 0 Å². The van der Waals surface area contributed by atoms with Gasteiger partial charge in [0.15, 0.2) is 6.29 Å². The SMILES string of the molecule is CC(CN)CN(C[C@@H](O)[C@H](Cc1ccccc1)N(C(=O)O[C@H]1CO[C@H]2OCC[C@H]21)C(C)O)S(=O)(=O)c1ccccc1. The molecule has 0 saturated carbocycles. The maximum absolute atomic E-state index is 13.7. The zero-order valence-electron chi connectivity index (χ0n) is 23.5. The number of hydrogen-bond acceptors (Lipinski definition) is 9. The summed E-state index contributed by atoms with van der Waals surface area (Å²) in [5.41, 5.74) is 6.62. The molecule has 2 aromatic rings. The maximum atomic E-state index is 13.7. The van der Waals surface area contributed by atoms with Crippen molar-refractivity contribution in [3.05, 3.63) is 66.2 Å². The minimum atomic E-state index is -4.01. The summed E-state index contributed by atoms with van der Waals surface area (Å²) < 4.78 is 45.5. The smallest absolute Gasteiger partial charge is 0.412 e. The summed E-state index contributed by atoms with van der Waals surface area (Å²) in [6.45, 7) is 3.88. The lowest BCUT2D eigenvalue weighted by molar-refractivity contribution is -0.0910. The number of nitrogens with zero attached hydrogens (tertiary/aromatic N) is 2. The minimum absolute atomic E-state index is 0.0600. The molecule has 1 amide bonds. The summed E-state index contributed by atoms with van der Waals surface area (Å²) in [6, 6.07) is 16.1. The molecule has 0 bridgehead atoms. The summed E-state index contributed by atoms with van der Waals surface area (Å²) in [5, 5.41) is 22.5. The molecule has 2 aliphatic rings. The molecule has 0 aromatic heterocycles. The largest absolute Gasteiger partial charge is 0.443 e. The van der Waals surface area contributed by atoms with E-state index in [9.17, 15) is 23.4 Å². The summed E-state index contributed by atoms with van der Waals surface area (Å²) in [6.07, 6.45) is -3.72. The molecule has 41 heavy (non-hydrogen) atoms. The quantitative estimate of drug-likeness (QED) is 0.296. The fourth-order valence-electron chi connectivity index (χ4n) is 5.34. The first kappa shape index (κ1) is 31.4. The molecule has 4 rings (SSSR count). The summed E-state index contributed by atoms with van der Waals surface area (Å²) >= 11 is 0. The molecule has 12 heteroatoms. The third-order valence-corrected chi connectivity index (χ3v) is 9.48. The average molecular weight is 592 g/mol. The van der Waals surface area contributed by atoms with E-state index in [1.807, 2.05) is 37.3 Å². The molecule has 0 spiro atoms. The van der Waals surface area contributed by atoms with Crippen molar-refractivity contribution in [2.45, 2.75) is 62.4 Å². The van der Waals surface area contributed by atoms with Gasteiger partial charge in [-0.1, -0.05) is 55.5 Å². The maximum Gasteiger partial charge on any atom is 0.412 e. The molecule has 2 saturated heterocycles. The number of aliphatic hydroxyl groups excluding tert-OH is 2. The molecular weight excluding hydrogens is 550 g/mol. The van der Waals surface area contributed by atoms with Gasteiger partial charge in [0.1, 0.15) is 12.3 Å². The van der Waals surface area contributed by atoms with Crippen LogP contribution >= 0.6 is 0 Å². The van der Waals surface area contributed by atoms with Crippen LogP contribution in [-0.4, -0.2) is 97.5 Å². The highest BCUT2D eigenvalue weighted by atomic mass is 32.2. The van der Waals surface area contributed by atoms with Crippen molar-refractivity contribution >= 4 is 16.1 Å². The number of nitrogens with two attached hydrogens (primary N) is 1. The van der Waals surface area contributed by atoms with Crippen LogP contribution in [0.5, 0.6) is 0 Å². The number of fused-ring (bicyclic) bond motifs is 1. The zero-order chi connectivity index (χ0) is 29.6. The first-order valence-electron chi connectivity index (χ1n) is 14.0. The number of carbonyl (C=O) groups excluding carboxylic acids is 1. The van der Waals surface area contributed by atoms with Crippen LogP contribution in [0.3, 0.4) is 0 Å². The van der Waals surface area contributed by atoms with Crippen molar-refractivity contribution in [2.75, 3.05) is 32.8 Å². The summed E-state index contributed by atoms with van der Waals surface area (Å²) in [7, 11) is -4.01. The topological polar surface area (TPSA) is 152 Å². The molecule has 11 nitrogen and oxygen atoms in total. The van der Waals surface area contributed by atoms with Crippen molar-refractivity contribution < 1.29 is 37.6 Å². The lowest BCUT2D eigenvalue weighted by atomic mass is 9.99. The van der Waals surface area contributed by atoms with Gasteiger partial charge in [0, 0.05) is 13.1 Å². The number of hydrogen-bond donors (Lipinski definition) is 3. The van der Waals surface area contributed by atoms with Gasteiger partial charge in [-0.2, -0.15) is 4.31 Å². The molecule has 7 atom stereocenters. The van der Waals surface area contributed by atoms with E-state index in [4.69, 9.17) is 19.9 Å². The number of carbonyl (C=O) groups is 1. The van der Waals surface area contributed by atoms with Crippen molar-refractivity contribution in [2.24, 2.45) is 17.6 Å². The van der Waals surface area contributed by atoms with Crippen LogP contribution in [0.15, 0.2) is 65.6 Å². The standard InChI is InChI=1S/C29H41N3O8S/c1-20(16-30)17-31(41(36,37)23-11-7-4-8-12-23)18-26(34)25(15-22-9-5-3-6-10-22)32(21(2)33)29(35)40-27-19-39-28-24(27)13-14-38-28/h3-12,20-21,24-28,33-34H,13-19,30H2,1-2H3/t20?,21?,24-,25-,26+,27-,28+/m0/s1. The van der Waals surface area contributed by atoms with E-state index in [1.165, 1.54) is 23.4 Å². The second kappa shape index (κ2) is 14.1. The first-order chi connectivity index (χ1) is 19.6. The van der Waals surface area contributed by atoms with E-state index in [0.29, 0.717) is 13.0 Å². The fourth-order valence-corrected chi connectivity index (χ4v) is 6.94. The molecule has 4 N–H and O–H groups in total. The van der Waals surface area contributed by atoms with Crippen LogP contribution in [0.25, 0.3) is 0 Å². The Morgan fingerprint density at radius 3 is 2.34 bits per heavy atom. The van der Waals surface area contributed by atoms with Crippen molar-refractivity contribution in [1.82, 2.24) is 9.21 Å². The predicted molar refractivity (Wildman–Crippen MR) is 151 cm³/mol. The van der Waals surface area contributed by atoms with Gasteiger partial charge < -0.3 is 30.2 Å². The molecule has 2 fully saturated rings.